The number of benzene rings is 3. The Morgan fingerprint density at radius 1 is 0.905 bits per heavy atom. The molecule has 1 atom stereocenters. The summed E-state index contributed by atoms with van der Waals surface area (Å²) in [7, 11) is 0. The number of aromatic hydroxyl groups is 1. The molecule has 7 heteroatoms. The largest absolute Gasteiger partial charge is 0.508 e. The number of imidazole rings is 1. The Hall–Kier alpha value is -4.20. The Labute approximate surface area is 246 Å². The first-order valence-electron chi connectivity index (χ1n) is 15.0. The molecule has 0 saturated heterocycles. The van der Waals surface area contributed by atoms with E-state index in [0.717, 1.165) is 41.2 Å². The fourth-order valence-electron chi connectivity index (χ4n) is 5.80. The molecule has 0 spiro atoms. The molecule has 0 radical (unpaired) electrons. The number of phenolic OH excluding ortho intramolecular Hbond substituents is 1. The van der Waals surface area contributed by atoms with Gasteiger partial charge in [0.15, 0.2) is 5.65 Å². The molecule has 0 unspecified atom stereocenters. The molecule has 6 rings (SSSR count). The molecule has 1 saturated carbocycles. The van der Waals surface area contributed by atoms with E-state index in [1.807, 2.05) is 18.3 Å². The summed E-state index contributed by atoms with van der Waals surface area (Å²) in [5, 5.41) is 22.9. The van der Waals surface area contributed by atoms with Gasteiger partial charge in [0.25, 0.3) is 0 Å². The van der Waals surface area contributed by atoms with E-state index in [0.29, 0.717) is 18.2 Å². The van der Waals surface area contributed by atoms with Crippen LogP contribution in [0.3, 0.4) is 0 Å². The molecule has 42 heavy (non-hydrogen) atoms. The lowest BCUT2D eigenvalue weighted by Crippen LogP contribution is -2.32. The quantitative estimate of drug-likeness (QED) is 0.161. The van der Waals surface area contributed by atoms with E-state index < -0.39 is 6.10 Å². The summed E-state index contributed by atoms with van der Waals surface area (Å²) in [5.74, 6) is 2.38. The minimum Gasteiger partial charge on any atom is -0.508 e. The lowest BCUT2D eigenvalue weighted by molar-refractivity contribution is 0.106. The number of aliphatic hydroxyl groups excluding tert-OH is 1. The average Bonchev–Trinajstić information content (AvgIpc) is 3.43. The maximum atomic E-state index is 10.2. The van der Waals surface area contributed by atoms with Crippen molar-refractivity contribution in [3.05, 3.63) is 102 Å². The van der Waals surface area contributed by atoms with Crippen LogP contribution in [0.1, 0.15) is 49.1 Å². The van der Waals surface area contributed by atoms with Gasteiger partial charge in [-0.05, 0) is 91.4 Å². The standard InChI is InChI=1S/C35H38N4O3/c40-30-16-18-32(19-17-30)42-24-31(41)23-36-22-20-25-8-14-29(15-9-25)39-34(38-33-7-4-21-37-35(33)39)28-12-10-27(11-13-28)26-5-2-1-3-6-26/h4,7-19,21,26,31,36,40-41H,1-3,5-6,20,22-24H2/t31-/m1/s1. The second-order valence-electron chi connectivity index (χ2n) is 11.2. The third-order valence-corrected chi connectivity index (χ3v) is 8.11. The molecule has 1 aliphatic carbocycles. The smallest absolute Gasteiger partial charge is 0.164 e. The minimum atomic E-state index is -0.627. The van der Waals surface area contributed by atoms with E-state index in [-0.39, 0.29) is 12.4 Å². The van der Waals surface area contributed by atoms with Crippen molar-refractivity contribution in [3.8, 4) is 28.6 Å². The summed E-state index contributed by atoms with van der Waals surface area (Å²) in [6.45, 7) is 1.36. The van der Waals surface area contributed by atoms with Crippen LogP contribution in [0.4, 0.5) is 0 Å². The SMILES string of the molecule is Oc1ccc(OC[C@H](O)CNCCc2ccc(-n3c(-c4ccc(C5CCCCC5)cc4)nc4cccnc43)cc2)cc1. The molecule has 216 valence electrons. The molecule has 7 nitrogen and oxygen atoms in total. The molecule has 0 bridgehead atoms. The van der Waals surface area contributed by atoms with E-state index in [1.54, 1.807) is 24.3 Å². The number of rotatable bonds is 11. The van der Waals surface area contributed by atoms with Crippen LogP contribution in [0.2, 0.25) is 0 Å². The van der Waals surface area contributed by atoms with Gasteiger partial charge in [-0.3, -0.25) is 4.57 Å². The van der Waals surface area contributed by atoms with Gasteiger partial charge in [0.05, 0.1) is 0 Å². The van der Waals surface area contributed by atoms with Crippen molar-refractivity contribution in [1.29, 1.82) is 0 Å². The van der Waals surface area contributed by atoms with Gasteiger partial charge >= 0.3 is 0 Å². The number of nitrogens with one attached hydrogen (secondary N) is 1. The van der Waals surface area contributed by atoms with Crippen LogP contribution in [0, 0.1) is 0 Å². The number of hydrogen-bond acceptors (Lipinski definition) is 6. The summed E-state index contributed by atoms with van der Waals surface area (Å²) >= 11 is 0. The normalized spacial score (nSPS) is 14.7. The first-order chi connectivity index (χ1) is 20.6. The summed E-state index contributed by atoms with van der Waals surface area (Å²) in [4.78, 5) is 9.66. The maximum Gasteiger partial charge on any atom is 0.164 e. The molecule has 0 amide bonds. The fourth-order valence-corrected chi connectivity index (χ4v) is 5.80. The highest BCUT2D eigenvalue weighted by molar-refractivity contribution is 5.80. The predicted octanol–water partition coefficient (Wildman–Crippen LogP) is 6.41. The van der Waals surface area contributed by atoms with Crippen LogP contribution in [0.5, 0.6) is 11.5 Å². The zero-order valence-electron chi connectivity index (χ0n) is 23.8. The highest BCUT2D eigenvalue weighted by Crippen LogP contribution is 2.34. The summed E-state index contributed by atoms with van der Waals surface area (Å²) in [5.41, 5.74) is 6.49. The number of aliphatic hydroxyl groups is 1. The van der Waals surface area contributed by atoms with Crippen molar-refractivity contribution in [1.82, 2.24) is 19.9 Å². The summed E-state index contributed by atoms with van der Waals surface area (Å²) in [6, 6.07) is 28.0. The Balaban J connectivity index is 1.09. The van der Waals surface area contributed by atoms with Crippen molar-refractivity contribution in [2.24, 2.45) is 0 Å². The Bertz CT molecular complexity index is 1570. The lowest BCUT2D eigenvalue weighted by atomic mass is 9.84. The number of pyridine rings is 1. The minimum absolute atomic E-state index is 0.186. The van der Waals surface area contributed by atoms with Gasteiger partial charge in [0, 0.05) is 24.0 Å². The van der Waals surface area contributed by atoms with Crippen molar-refractivity contribution >= 4 is 11.2 Å². The third kappa shape index (κ3) is 6.64. The molecule has 0 aliphatic heterocycles. The van der Waals surface area contributed by atoms with E-state index in [9.17, 15) is 10.2 Å². The van der Waals surface area contributed by atoms with E-state index in [2.05, 4.69) is 63.4 Å². The monoisotopic (exact) mass is 562 g/mol. The second-order valence-corrected chi connectivity index (χ2v) is 11.2. The second kappa shape index (κ2) is 13.2. The Kier molecular flexibility index (Phi) is 8.78. The number of aromatic nitrogens is 3. The molecule has 3 aromatic carbocycles. The number of hydrogen-bond donors (Lipinski definition) is 3. The molecular formula is C35H38N4O3. The summed E-state index contributed by atoms with van der Waals surface area (Å²) < 4.78 is 7.73. The highest BCUT2D eigenvalue weighted by atomic mass is 16.5. The van der Waals surface area contributed by atoms with Crippen LogP contribution in [0.25, 0.3) is 28.2 Å². The summed E-state index contributed by atoms with van der Waals surface area (Å²) in [6.07, 6.45) is 8.64. The highest BCUT2D eigenvalue weighted by Gasteiger charge is 2.18. The Morgan fingerprint density at radius 2 is 1.67 bits per heavy atom. The van der Waals surface area contributed by atoms with Gasteiger partial charge in [-0.1, -0.05) is 55.7 Å². The topological polar surface area (TPSA) is 92.4 Å². The van der Waals surface area contributed by atoms with Gasteiger partial charge in [0.1, 0.15) is 35.6 Å². The first-order valence-corrected chi connectivity index (χ1v) is 15.0. The van der Waals surface area contributed by atoms with Crippen LogP contribution in [-0.4, -0.2) is 50.5 Å². The van der Waals surface area contributed by atoms with Gasteiger partial charge in [0.2, 0.25) is 0 Å². The molecule has 1 fully saturated rings. The molecule has 2 heterocycles. The van der Waals surface area contributed by atoms with Crippen molar-refractivity contribution < 1.29 is 14.9 Å². The van der Waals surface area contributed by atoms with Crippen LogP contribution < -0.4 is 10.1 Å². The maximum absolute atomic E-state index is 10.2. The van der Waals surface area contributed by atoms with E-state index in [1.165, 1.54) is 43.2 Å². The van der Waals surface area contributed by atoms with E-state index >= 15 is 0 Å². The third-order valence-electron chi connectivity index (χ3n) is 8.11. The number of fused-ring (bicyclic) bond motifs is 1. The molecule has 1 aliphatic rings. The van der Waals surface area contributed by atoms with Gasteiger partial charge < -0.3 is 20.3 Å². The van der Waals surface area contributed by atoms with Gasteiger partial charge in [-0.2, -0.15) is 0 Å². The molecular weight excluding hydrogens is 524 g/mol. The molecule has 3 N–H and O–H groups in total. The zero-order valence-corrected chi connectivity index (χ0v) is 23.8. The molecule has 5 aromatic rings. The van der Waals surface area contributed by atoms with Crippen molar-refractivity contribution in [2.75, 3.05) is 19.7 Å². The van der Waals surface area contributed by atoms with Crippen LogP contribution >= 0.6 is 0 Å². The number of phenols is 1. The van der Waals surface area contributed by atoms with E-state index in [4.69, 9.17) is 9.72 Å². The zero-order chi connectivity index (χ0) is 28.7. The Morgan fingerprint density at radius 3 is 2.43 bits per heavy atom. The molecule has 2 aromatic heterocycles. The van der Waals surface area contributed by atoms with Crippen LogP contribution in [0.15, 0.2) is 91.1 Å². The first kappa shape index (κ1) is 27.9. The van der Waals surface area contributed by atoms with Crippen molar-refractivity contribution in [3.63, 3.8) is 0 Å². The lowest BCUT2D eigenvalue weighted by Gasteiger charge is -2.22. The number of ether oxygens (including phenoxy) is 1. The predicted molar refractivity (Wildman–Crippen MR) is 166 cm³/mol. The van der Waals surface area contributed by atoms with Crippen molar-refractivity contribution in [2.45, 2.75) is 50.5 Å². The van der Waals surface area contributed by atoms with Crippen LogP contribution in [-0.2, 0) is 6.42 Å². The van der Waals surface area contributed by atoms with Gasteiger partial charge in [-0.15, -0.1) is 0 Å². The fraction of sp³-hybridized carbons (Fsp3) is 0.314. The number of nitrogens with zero attached hydrogens (tertiary/aromatic N) is 3. The average molecular weight is 563 g/mol. The van der Waals surface area contributed by atoms with Gasteiger partial charge in [-0.25, -0.2) is 9.97 Å².